The lowest BCUT2D eigenvalue weighted by Gasteiger charge is -2.42. The maximum absolute atomic E-state index is 6.62. The molecule has 21 heavy (non-hydrogen) atoms. The topological polar surface area (TPSA) is 35.2 Å². The molecule has 1 saturated carbocycles. The Hall–Kier alpha value is -0.860. The van der Waals surface area contributed by atoms with Gasteiger partial charge in [-0.2, -0.15) is 0 Å². The summed E-state index contributed by atoms with van der Waals surface area (Å²) in [5, 5.41) is 0. The van der Waals surface area contributed by atoms with Crippen molar-refractivity contribution in [1.29, 1.82) is 0 Å². The number of ether oxygens (including phenoxy) is 1. The summed E-state index contributed by atoms with van der Waals surface area (Å²) in [6.07, 6.45) is 5.94. The molecule has 1 aliphatic rings. The van der Waals surface area contributed by atoms with Crippen molar-refractivity contribution in [2.45, 2.75) is 76.9 Å². The van der Waals surface area contributed by atoms with Gasteiger partial charge in [-0.1, -0.05) is 64.3 Å². The van der Waals surface area contributed by atoms with Gasteiger partial charge < -0.3 is 10.5 Å². The molecule has 1 atom stereocenters. The maximum atomic E-state index is 6.62. The first-order chi connectivity index (χ1) is 9.89. The zero-order chi connectivity index (χ0) is 15.5. The third-order valence-electron chi connectivity index (χ3n) is 4.83. The molecule has 0 radical (unpaired) electrons. The van der Waals surface area contributed by atoms with Crippen molar-refractivity contribution in [2.75, 3.05) is 6.61 Å². The van der Waals surface area contributed by atoms with E-state index >= 15 is 0 Å². The Balaban J connectivity index is 2.22. The van der Waals surface area contributed by atoms with Crippen LogP contribution in [-0.2, 0) is 10.2 Å². The van der Waals surface area contributed by atoms with E-state index in [0.717, 1.165) is 19.4 Å². The van der Waals surface area contributed by atoms with Gasteiger partial charge in [0.1, 0.15) is 0 Å². The van der Waals surface area contributed by atoms with Crippen LogP contribution in [0.5, 0.6) is 0 Å². The van der Waals surface area contributed by atoms with E-state index in [2.05, 4.69) is 52.0 Å². The SMILES string of the molecule is CCOC1(C(N)c2ccc(C(C)(C)C)cc2)CCCCC1. The minimum atomic E-state index is -0.156. The summed E-state index contributed by atoms with van der Waals surface area (Å²) < 4.78 is 6.16. The standard InChI is InChI=1S/C19H31NO/c1-5-21-19(13-7-6-8-14-19)17(20)15-9-11-16(12-10-15)18(2,3)4/h9-12,17H,5-8,13-14,20H2,1-4H3. The molecule has 0 aromatic heterocycles. The molecule has 2 rings (SSSR count). The van der Waals surface area contributed by atoms with Crippen LogP contribution in [0.15, 0.2) is 24.3 Å². The second kappa shape index (κ2) is 6.50. The van der Waals surface area contributed by atoms with Crippen molar-refractivity contribution >= 4 is 0 Å². The molecular weight excluding hydrogens is 258 g/mol. The third-order valence-corrected chi connectivity index (χ3v) is 4.83. The molecule has 2 N–H and O–H groups in total. The Kier molecular flexibility index (Phi) is 5.11. The number of rotatable bonds is 4. The predicted molar refractivity (Wildman–Crippen MR) is 89.5 cm³/mol. The van der Waals surface area contributed by atoms with E-state index in [4.69, 9.17) is 10.5 Å². The molecule has 1 fully saturated rings. The summed E-state index contributed by atoms with van der Waals surface area (Å²) >= 11 is 0. The van der Waals surface area contributed by atoms with Crippen LogP contribution in [0.2, 0.25) is 0 Å². The van der Waals surface area contributed by atoms with E-state index in [-0.39, 0.29) is 17.1 Å². The molecule has 0 amide bonds. The van der Waals surface area contributed by atoms with Gasteiger partial charge in [0.05, 0.1) is 11.6 Å². The number of hydrogen-bond donors (Lipinski definition) is 1. The van der Waals surface area contributed by atoms with Crippen LogP contribution < -0.4 is 5.73 Å². The lowest BCUT2D eigenvalue weighted by atomic mass is 9.76. The summed E-state index contributed by atoms with van der Waals surface area (Å²) in [7, 11) is 0. The van der Waals surface area contributed by atoms with E-state index in [1.807, 2.05) is 0 Å². The Morgan fingerprint density at radius 3 is 2.14 bits per heavy atom. The summed E-state index contributed by atoms with van der Waals surface area (Å²) in [5.41, 5.74) is 9.22. The van der Waals surface area contributed by atoms with E-state index in [9.17, 15) is 0 Å². The molecule has 1 unspecified atom stereocenters. The van der Waals surface area contributed by atoms with Crippen molar-refractivity contribution in [2.24, 2.45) is 5.73 Å². The second-order valence-electron chi connectivity index (χ2n) is 7.41. The highest BCUT2D eigenvalue weighted by molar-refractivity contribution is 5.30. The van der Waals surface area contributed by atoms with Gasteiger partial charge in [0, 0.05) is 6.61 Å². The molecule has 1 aromatic carbocycles. The first-order valence-corrected chi connectivity index (χ1v) is 8.39. The molecule has 0 saturated heterocycles. The third kappa shape index (κ3) is 3.67. The van der Waals surface area contributed by atoms with Crippen LogP contribution in [0.25, 0.3) is 0 Å². The van der Waals surface area contributed by atoms with Crippen molar-refractivity contribution in [3.8, 4) is 0 Å². The smallest absolute Gasteiger partial charge is 0.0874 e. The molecule has 0 aliphatic heterocycles. The number of benzene rings is 1. The molecule has 1 aromatic rings. The average Bonchev–Trinajstić information content (AvgIpc) is 2.47. The molecular formula is C19H31NO. The zero-order valence-electron chi connectivity index (χ0n) is 14.1. The van der Waals surface area contributed by atoms with Crippen LogP contribution in [0.4, 0.5) is 0 Å². The van der Waals surface area contributed by atoms with E-state index in [0.29, 0.717) is 0 Å². The zero-order valence-corrected chi connectivity index (χ0v) is 14.1. The Labute approximate surface area is 130 Å². The largest absolute Gasteiger partial charge is 0.373 e. The summed E-state index contributed by atoms with van der Waals surface area (Å²) in [4.78, 5) is 0. The Morgan fingerprint density at radius 1 is 1.10 bits per heavy atom. The van der Waals surface area contributed by atoms with E-state index in [1.165, 1.54) is 30.4 Å². The number of hydrogen-bond acceptors (Lipinski definition) is 2. The second-order valence-corrected chi connectivity index (χ2v) is 7.41. The van der Waals surface area contributed by atoms with Gasteiger partial charge in [-0.3, -0.25) is 0 Å². The van der Waals surface area contributed by atoms with Crippen LogP contribution in [0.3, 0.4) is 0 Å². The average molecular weight is 289 g/mol. The van der Waals surface area contributed by atoms with Crippen molar-refractivity contribution in [3.63, 3.8) is 0 Å². The van der Waals surface area contributed by atoms with Gasteiger partial charge in [-0.15, -0.1) is 0 Å². The quantitative estimate of drug-likeness (QED) is 0.870. The molecule has 118 valence electrons. The van der Waals surface area contributed by atoms with Gasteiger partial charge >= 0.3 is 0 Å². The summed E-state index contributed by atoms with van der Waals surface area (Å²) in [6, 6.07) is 8.81. The highest BCUT2D eigenvalue weighted by Gasteiger charge is 2.39. The van der Waals surface area contributed by atoms with E-state index < -0.39 is 0 Å². The predicted octanol–water partition coefficient (Wildman–Crippen LogP) is 4.72. The normalized spacial score (nSPS) is 20.2. The van der Waals surface area contributed by atoms with Gasteiger partial charge in [-0.25, -0.2) is 0 Å². The van der Waals surface area contributed by atoms with Gasteiger partial charge in [0.2, 0.25) is 0 Å². The van der Waals surface area contributed by atoms with Crippen molar-refractivity contribution < 1.29 is 4.74 Å². The molecule has 0 bridgehead atoms. The first-order valence-electron chi connectivity index (χ1n) is 8.39. The van der Waals surface area contributed by atoms with Crippen LogP contribution in [-0.4, -0.2) is 12.2 Å². The maximum Gasteiger partial charge on any atom is 0.0874 e. The summed E-state index contributed by atoms with van der Waals surface area (Å²) in [5.74, 6) is 0. The fraction of sp³-hybridized carbons (Fsp3) is 0.684. The lowest BCUT2D eigenvalue weighted by Crippen LogP contribution is -2.45. The fourth-order valence-electron chi connectivity index (χ4n) is 3.48. The van der Waals surface area contributed by atoms with Crippen molar-refractivity contribution in [1.82, 2.24) is 0 Å². The highest BCUT2D eigenvalue weighted by atomic mass is 16.5. The van der Waals surface area contributed by atoms with Gasteiger partial charge in [0.25, 0.3) is 0 Å². The minimum absolute atomic E-state index is 0.0215. The molecule has 0 heterocycles. The number of nitrogens with two attached hydrogens (primary N) is 1. The monoisotopic (exact) mass is 289 g/mol. The fourth-order valence-corrected chi connectivity index (χ4v) is 3.48. The van der Waals surface area contributed by atoms with Crippen LogP contribution in [0, 0.1) is 0 Å². The first kappa shape index (κ1) is 16.5. The van der Waals surface area contributed by atoms with Crippen molar-refractivity contribution in [3.05, 3.63) is 35.4 Å². The highest BCUT2D eigenvalue weighted by Crippen LogP contribution is 2.40. The molecule has 2 nitrogen and oxygen atoms in total. The van der Waals surface area contributed by atoms with E-state index in [1.54, 1.807) is 0 Å². The Morgan fingerprint density at radius 2 is 1.67 bits per heavy atom. The summed E-state index contributed by atoms with van der Waals surface area (Å²) in [6.45, 7) is 9.54. The molecule has 2 heteroatoms. The van der Waals surface area contributed by atoms with Gasteiger partial charge in [-0.05, 0) is 36.3 Å². The minimum Gasteiger partial charge on any atom is -0.373 e. The Bertz CT molecular complexity index is 432. The lowest BCUT2D eigenvalue weighted by molar-refractivity contribution is -0.0830. The van der Waals surface area contributed by atoms with Crippen LogP contribution >= 0.6 is 0 Å². The molecule has 0 spiro atoms. The van der Waals surface area contributed by atoms with Crippen LogP contribution in [0.1, 0.15) is 77.0 Å². The molecule has 1 aliphatic carbocycles. The van der Waals surface area contributed by atoms with Gasteiger partial charge in [0.15, 0.2) is 0 Å².